The van der Waals surface area contributed by atoms with Crippen LogP contribution in [0.25, 0.3) is 11.1 Å². The van der Waals surface area contributed by atoms with Gasteiger partial charge < -0.3 is 30.5 Å². The van der Waals surface area contributed by atoms with Crippen LogP contribution in [0.2, 0.25) is 0 Å². The average molecular weight is 668 g/mol. The molecule has 48 heavy (non-hydrogen) atoms. The number of ether oxygens (including phenoxy) is 2. The minimum absolute atomic E-state index is 0.141. The second-order valence-electron chi connectivity index (χ2n) is 14.1. The Kier molecular flexibility index (Phi) is 15.6. The summed E-state index contributed by atoms with van der Waals surface area (Å²) in [6.45, 7) is 12.5. The fraction of sp³-hybridized carbons (Fsp3) is 0.541. The number of esters is 1. The Morgan fingerprint density at radius 1 is 0.750 bits per heavy atom. The second kappa shape index (κ2) is 18.8. The first-order valence-corrected chi connectivity index (χ1v) is 16.6. The molecule has 3 amide bonds. The van der Waals surface area contributed by atoms with Crippen molar-refractivity contribution in [1.29, 1.82) is 0 Å². The molecule has 11 heteroatoms. The van der Waals surface area contributed by atoms with Gasteiger partial charge in [0, 0.05) is 25.4 Å². The summed E-state index contributed by atoms with van der Waals surface area (Å²) in [7, 11) is 0. The van der Waals surface area contributed by atoms with Crippen molar-refractivity contribution < 1.29 is 38.6 Å². The van der Waals surface area contributed by atoms with Gasteiger partial charge in [0.25, 0.3) is 0 Å². The fourth-order valence-corrected chi connectivity index (χ4v) is 4.86. The predicted molar refractivity (Wildman–Crippen MR) is 184 cm³/mol. The van der Waals surface area contributed by atoms with Crippen LogP contribution in [0.1, 0.15) is 92.6 Å². The highest BCUT2D eigenvalue weighted by Crippen LogP contribution is 2.21. The molecule has 264 valence electrons. The molecule has 2 aromatic rings. The highest BCUT2D eigenvalue weighted by molar-refractivity contribution is 5.87. The molecular weight excluding hydrogens is 614 g/mol. The van der Waals surface area contributed by atoms with Gasteiger partial charge in [0.05, 0.1) is 5.92 Å². The zero-order valence-corrected chi connectivity index (χ0v) is 29.4. The van der Waals surface area contributed by atoms with Crippen molar-refractivity contribution in [2.45, 2.75) is 117 Å². The quantitative estimate of drug-likeness (QED) is 0.122. The summed E-state index contributed by atoms with van der Waals surface area (Å²) in [5.41, 5.74) is 1.70. The molecule has 3 atom stereocenters. The number of unbranched alkanes of at least 4 members (excludes halogenated alkanes) is 1. The monoisotopic (exact) mass is 667 g/mol. The van der Waals surface area contributed by atoms with Gasteiger partial charge in [-0.15, -0.1) is 0 Å². The molecule has 0 fully saturated rings. The number of hydrogen-bond donors (Lipinski definition) is 4. The highest BCUT2D eigenvalue weighted by atomic mass is 16.6. The third kappa shape index (κ3) is 16.4. The number of aliphatic carboxylic acids is 1. The van der Waals surface area contributed by atoms with Gasteiger partial charge in [0.15, 0.2) is 0 Å². The van der Waals surface area contributed by atoms with Gasteiger partial charge in [-0.2, -0.15) is 0 Å². The average Bonchev–Trinajstić information content (AvgIpc) is 2.98. The Morgan fingerprint density at radius 2 is 1.31 bits per heavy atom. The van der Waals surface area contributed by atoms with E-state index in [1.165, 1.54) is 0 Å². The van der Waals surface area contributed by atoms with Crippen LogP contribution in [0.5, 0.6) is 0 Å². The number of carbonyl (C=O) groups is 5. The number of nitrogens with one attached hydrogen (secondary N) is 3. The normalized spacial score (nSPS) is 13.4. The van der Waals surface area contributed by atoms with Crippen molar-refractivity contribution in [3.8, 4) is 11.1 Å². The van der Waals surface area contributed by atoms with Gasteiger partial charge in [-0.1, -0.05) is 61.5 Å². The first-order chi connectivity index (χ1) is 22.4. The molecule has 0 aliphatic heterocycles. The summed E-state index contributed by atoms with van der Waals surface area (Å²) in [6.07, 6.45) is 1.14. The fourth-order valence-electron chi connectivity index (χ4n) is 4.86. The lowest BCUT2D eigenvalue weighted by molar-refractivity contribution is -0.159. The summed E-state index contributed by atoms with van der Waals surface area (Å²) >= 11 is 0. The lowest BCUT2D eigenvalue weighted by atomic mass is 9.94. The number of amides is 3. The molecule has 4 N–H and O–H groups in total. The van der Waals surface area contributed by atoms with Crippen molar-refractivity contribution in [2.75, 3.05) is 6.54 Å². The van der Waals surface area contributed by atoms with Gasteiger partial charge in [-0.3, -0.25) is 14.4 Å². The number of carboxylic acids is 1. The topological polar surface area (TPSA) is 160 Å². The van der Waals surface area contributed by atoms with Gasteiger partial charge in [-0.25, -0.2) is 9.59 Å². The maximum Gasteiger partial charge on any atom is 0.407 e. The first kappa shape index (κ1) is 39.8. The van der Waals surface area contributed by atoms with Crippen LogP contribution in [-0.2, 0) is 35.1 Å². The largest absolute Gasteiger partial charge is 0.481 e. The molecule has 2 rings (SSSR count). The van der Waals surface area contributed by atoms with Gasteiger partial charge in [0.1, 0.15) is 17.2 Å². The Labute approximate surface area is 284 Å². The van der Waals surface area contributed by atoms with Crippen LogP contribution >= 0.6 is 0 Å². The molecular formula is C37H53N3O8. The van der Waals surface area contributed by atoms with E-state index in [4.69, 9.17) is 9.47 Å². The van der Waals surface area contributed by atoms with Crippen LogP contribution in [0.3, 0.4) is 0 Å². The van der Waals surface area contributed by atoms with Crippen LogP contribution in [0, 0.1) is 5.92 Å². The summed E-state index contributed by atoms with van der Waals surface area (Å²) in [6, 6.07) is 16.5. The summed E-state index contributed by atoms with van der Waals surface area (Å²) < 4.78 is 10.7. The molecule has 0 saturated carbocycles. The Morgan fingerprint density at radius 3 is 1.88 bits per heavy atom. The van der Waals surface area contributed by atoms with E-state index in [-0.39, 0.29) is 25.7 Å². The number of carbonyl (C=O) groups excluding carboxylic acids is 4. The van der Waals surface area contributed by atoms with Crippen molar-refractivity contribution in [3.05, 3.63) is 60.2 Å². The van der Waals surface area contributed by atoms with E-state index in [0.29, 0.717) is 25.8 Å². The number of hydrogen-bond acceptors (Lipinski definition) is 7. The Bertz CT molecular complexity index is 1350. The molecule has 0 saturated heterocycles. The molecule has 0 aliphatic rings. The molecule has 0 heterocycles. The number of carboxylic acid groups (broad SMARTS) is 1. The number of alkyl carbamates (subject to hydrolysis) is 1. The minimum atomic E-state index is -0.957. The van der Waals surface area contributed by atoms with Crippen molar-refractivity contribution in [3.63, 3.8) is 0 Å². The SMILES string of the molecule is CC(CC(Cc1ccc(-c2ccccc2)cc1)NC(=O)CCC(=O)NC(CCCCNC(=O)OC(C)(C)C)C(=O)OC(C)(C)C)C(=O)O. The smallest absolute Gasteiger partial charge is 0.407 e. The maximum atomic E-state index is 13.0. The van der Waals surface area contributed by atoms with Gasteiger partial charge in [-0.05, 0) is 90.3 Å². The zero-order valence-electron chi connectivity index (χ0n) is 29.4. The summed E-state index contributed by atoms with van der Waals surface area (Å²) in [4.78, 5) is 62.2. The lowest BCUT2D eigenvalue weighted by Gasteiger charge is -2.25. The van der Waals surface area contributed by atoms with E-state index < -0.39 is 59.0 Å². The zero-order chi connectivity index (χ0) is 35.9. The van der Waals surface area contributed by atoms with E-state index in [9.17, 15) is 29.1 Å². The third-order valence-corrected chi connectivity index (χ3v) is 7.16. The van der Waals surface area contributed by atoms with Crippen molar-refractivity contribution >= 4 is 29.8 Å². The van der Waals surface area contributed by atoms with Gasteiger partial charge >= 0.3 is 18.0 Å². The van der Waals surface area contributed by atoms with Crippen LogP contribution in [-0.4, -0.2) is 64.8 Å². The maximum absolute atomic E-state index is 13.0. The molecule has 0 bridgehead atoms. The molecule has 0 spiro atoms. The first-order valence-electron chi connectivity index (χ1n) is 16.6. The van der Waals surface area contributed by atoms with Crippen molar-refractivity contribution in [2.24, 2.45) is 5.92 Å². The minimum Gasteiger partial charge on any atom is -0.481 e. The van der Waals surface area contributed by atoms with Crippen LogP contribution < -0.4 is 16.0 Å². The third-order valence-electron chi connectivity index (χ3n) is 7.16. The molecule has 2 aromatic carbocycles. The standard InChI is InChI=1S/C37H53N3O8/c1-25(33(43)44)23-29(24-26-16-18-28(19-17-26)27-13-9-8-10-14-27)39-31(41)20-21-32(42)40-30(34(45)47-36(2,3)4)15-11-12-22-38-35(46)48-37(5,6)7/h8-10,13-14,16-19,25,29-30H,11-12,15,20-24H2,1-7H3,(H,38,46)(H,39,41)(H,40,42)(H,43,44). The van der Waals surface area contributed by atoms with Gasteiger partial charge in [0.2, 0.25) is 11.8 Å². The van der Waals surface area contributed by atoms with E-state index in [0.717, 1.165) is 16.7 Å². The van der Waals surface area contributed by atoms with E-state index in [2.05, 4.69) is 16.0 Å². The molecule has 0 aliphatic carbocycles. The van der Waals surface area contributed by atoms with E-state index in [1.54, 1.807) is 48.5 Å². The summed E-state index contributed by atoms with van der Waals surface area (Å²) in [5.74, 6) is -3.10. The van der Waals surface area contributed by atoms with Crippen LogP contribution in [0.4, 0.5) is 4.79 Å². The molecule has 0 radical (unpaired) electrons. The Hall–Kier alpha value is -4.41. The van der Waals surface area contributed by atoms with E-state index >= 15 is 0 Å². The predicted octanol–water partition coefficient (Wildman–Crippen LogP) is 5.79. The molecule has 3 unspecified atom stereocenters. The molecule has 11 nitrogen and oxygen atoms in total. The van der Waals surface area contributed by atoms with Crippen molar-refractivity contribution in [1.82, 2.24) is 16.0 Å². The highest BCUT2D eigenvalue weighted by Gasteiger charge is 2.27. The molecule has 0 aromatic heterocycles. The number of benzene rings is 2. The number of rotatable bonds is 17. The van der Waals surface area contributed by atoms with Crippen LogP contribution in [0.15, 0.2) is 54.6 Å². The Balaban J connectivity index is 1.95. The lowest BCUT2D eigenvalue weighted by Crippen LogP contribution is -2.44. The summed E-state index contributed by atoms with van der Waals surface area (Å²) in [5, 5.41) is 17.8. The van der Waals surface area contributed by atoms with E-state index in [1.807, 2.05) is 54.6 Å². The second-order valence-corrected chi connectivity index (χ2v) is 14.1.